The van der Waals surface area contributed by atoms with Crippen molar-refractivity contribution in [1.82, 2.24) is 15.1 Å². The number of nitrogens with one attached hydrogen (secondary N) is 1. The summed E-state index contributed by atoms with van der Waals surface area (Å²) >= 11 is 0. The van der Waals surface area contributed by atoms with Gasteiger partial charge in [0.15, 0.2) is 0 Å². The third-order valence-corrected chi connectivity index (χ3v) is 2.14. The van der Waals surface area contributed by atoms with Crippen LogP contribution in [0.3, 0.4) is 0 Å². The molecule has 0 aromatic rings. The molecule has 0 aliphatic rings. The Morgan fingerprint density at radius 3 is 2.36 bits per heavy atom. The maximum atomic E-state index is 11.4. The van der Waals surface area contributed by atoms with Gasteiger partial charge in [-0.25, -0.2) is 0 Å². The third-order valence-electron chi connectivity index (χ3n) is 2.14. The molecule has 1 atom stereocenters. The van der Waals surface area contributed by atoms with Gasteiger partial charge in [0.05, 0.1) is 6.54 Å². The molecule has 0 fully saturated rings. The Kier molecular flexibility index (Phi) is 6.49. The van der Waals surface area contributed by atoms with Crippen LogP contribution in [0.1, 0.15) is 13.8 Å². The average Bonchev–Trinajstić information content (AvgIpc) is 2.11. The van der Waals surface area contributed by atoms with Crippen LogP contribution in [-0.2, 0) is 4.79 Å². The van der Waals surface area contributed by atoms with Gasteiger partial charge in [0.1, 0.15) is 0 Å². The third kappa shape index (κ3) is 5.94. The molecule has 0 saturated heterocycles. The zero-order valence-electron chi connectivity index (χ0n) is 10.0. The maximum absolute atomic E-state index is 11.4. The molecule has 4 nitrogen and oxygen atoms in total. The highest BCUT2D eigenvalue weighted by atomic mass is 16.2. The van der Waals surface area contributed by atoms with Gasteiger partial charge in [0.25, 0.3) is 0 Å². The van der Waals surface area contributed by atoms with Crippen LogP contribution < -0.4 is 5.32 Å². The first kappa shape index (κ1) is 13.4. The number of rotatable bonds is 6. The molecular formula is C10H23N3O. The van der Waals surface area contributed by atoms with Crippen molar-refractivity contribution < 1.29 is 4.79 Å². The standard InChI is InChI=1S/C10H23N3O/c1-6-13(5)10(14)7-11-9(2)8-12(3)4/h9,11H,6-8H2,1-5H3. The van der Waals surface area contributed by atoms with Crippen molar-refractivity contribution in [2.24, 2.45) is 0 Å². The number of hydrogen-bond donors (Lipinski definition) is 1. The lowest BCUT2D eigenvalue weighted by Crippen LogP contribution is -2.42. The van der Waals surface area contributed by atoms with Crippen molar-refractivity contribution in [2.75, 3.05) is 40.8 Å². The average molecular weight is 201 g/mol. The Balaban J connectivity index is 3.66. The Bertz CT molecular complexity index is 171. The number of amides is 1. The van der Waals surface area contributed by atoms with E-state index in [-0.39, 0.29) is 5.91 Å². The van der Waals surface area contributed by atoms with Crippen LogP contribution >= 0.6 is 0 Å². The Hall–Kier alpha value is -0.610. The monoisotopic (exact) mass is 201 g/mol. The van der Waals surface area contributed by atoms with Gasteiger partial charge in [-0.3, -0.25) is 4.79 Å². The highest BCUT2D eigenvalue weighted by Gasteiger charge is 2.08. The maximum Gasteiger partial charge on any atom is 0.236 e. The van der Waals surface area contributed by atoms with Crippen molar-refractivity contribution >= 4 is 5.91 Å². The van der Waals surface area contributed by atoms with Gasteiger partial charge in [0, 0.05) is 26.2 Å². The fraction of sp³-hybridized carbons (Fsp3) is 0.900. The SMILES string of the molecule is CCN(C)C(=O)CNC(C)CN(C)C. The molecule has 4 heteroatoms. The fourth-order valence-corrected chi connectivity index (χ4v) is 1.19. The number of hydrogen-bond acceptors (Lipinski definition) is 3. The van der Waals surface area contributed by atoms with Gasteiger partial charge in [-0.15, -0.1) is 0 Å². The number of nitrogens with zero attached hydrogens (tertiary/aromatic N) is 2. The molecule has 1 amide bonds. The predicted octanol–water partition coefficient (Wildman–Crippen LogP) is 0.00440. The predicted molar refractivity (Wildman–Crippen MR) is 59.3 cm³/mol. The Labute approximate surface area is 87.3 Å². The minimum absolute atomic E-state index is 0.151. The van der Waals surface area contributed by atoms with Crippen molar-refractivity contribution in [3.63, 3.8) is 0 Å². The summed E-state index contributed by atoms with van der Waals surface area (Å²) in [6, 6.07) is 0.346. The van der Waals surface area contributed by atoms with Crippen molar-refractivity contribution in [2.45, 2.75) is 19.9 Å². The number of carbonyl (C=O) groups is 1. The Morgan fingerprint density at radius 1 is 1.36 bits per heavy atom. The Morgan fingerprint density at radius 2 is 1.93 bits per heavy atom. The van der Waals surface area contributed by atoms with E-state index in [0.717, 1.165) is 13.1 Å². The molecule has 84 valence electrons. The van der Waals surface area contributed by atoms with Crippen molar-refractivity contribution in [3.8, 4) is 0 Å². The zero-order chi connectivity index (χ0) is 11.1. The molecule has 0 radical (unpaired) electrons. The summed E-state index contributed by atoms with van der Waals surface area (Å²) in [6.45, 7) is 6.20. The topological polar surface area (TPSA) is 35.6 Å². The summed E-state index contributed by atoms with van der Waals surface area (Å²) in [5.74, 6) is 0.151. The molecule has 0 aromatic heterocycles. The van der Waals surface area contributed by atoms with E-state index < -0.39 is 0 Å². The van der Waals surface area contributed by atoms with Gasteiger partial charge >= 0.3 is 0 Å². The summed E-state index contributed by atoms with van der Waals surface area (Å²) in [7, 11) is 5.87. The summed E-state index contributed by atoms with van der Waals surface area (Å²) in [4.78, 5) is 15.2. The van der Waals surface area contributed by atoms with Crippen molar-refractivity contribution in [3.05, 3.63) is 0 Å². The van der Waals surface area contributed by atoms with Crippen LogP contribution in [0.2, 0.25) is 0 Å². The van der Waals surface area contributed by atoms with Gasteiger partial charge in [0.2, 0.25) is 5.91 Å². The summed E-state index contributed by atoms with van der Waals surface area (Å²) < 4.78 is 0. The first-order chi connectivity index (χ1) is 6.47. The van der Waals surface area contributed by atoms with Gasteiger partial charge in [-0.2, -0.15) is 0 Å². The molecule has 0 heterocycles. The molecule has 1 N–H and O–H groups in total. The number of likely N-dealkylation sites (N-methyl/N-ethyl adjacent to an activating group) is 2. The molecule has 0 aliphatic heterocycles. The van der Waals surface area contributed by atoms with E-state index in [1.54, 1.807) is 4.90 Å². The first-order valence-corrected chi connectivity index (χ1v) is 5.09. The molecule has 1 unspecified atom stereocenters. The van der Waals surface area contributed by atoms with E-state index in [1.807, 2.05) is 28.1 Å². The molecule has 0 rings (SSSR count). The van der Waals surface area contributed by atoms with E-state index in [4.69, 9.17) is 0 Å². The lowest BCUT2D eigenvalue weighted by atomic mass is 10.3. The van der Waals surface area contributed by atoms with E-state index in [0.29, 0.717) is 12.6 Å². The summed E-state index contributed by atoms with van der Waals surface area (Å²) in [5.41, 5.74) is 0. The van der Waals surface area contributed by atoms with Gasteiger partial charge < -0.3 is 15.1 Å². The minimum atomic E-state index is 0.151. The van der Waals surface area contributed by atoms with Crippen LogP contribution in [-0.4, -0.2) is 62.5 Å². The van der Waals surface area contributed by atoms with Crippen molar-refractivity contribution in [1.29, 1.82) is 0 Å². The minimum Gasteiger partial charge on any atom is -0.345 e. The number of carbonyl (C=O) groups excluding carboxylic acids is 1. The first-order valence-electron chi connectivity index (χ1n) is 5.09. The molecule has 0 bridgehead atoms. The lowest BCUT2D eigenvalue weighted by Gasteiger charge is -2.20. The lowest BCUT2D eigenvalue weighted by molar-refractivity contribution is -0.128. The van der Waals surface area contributed by atoms with Crippen LogP contribution in [0.5, 0.6) is 0 Å². The van der Waals surface area contributed by atoms with Crippen LogP contribution in [0, 0.1) is 0 Å². The van der Waals surface area contributed by atoms with Crippen LogP contribution in [0.25, 0.3) is 0 Å². The normalized spacial score (nSPS) is 13.0. The fourth-order valence-electron chi connectivity index (χ4n) is 1.19. The zero-order valence-corrected chi connectivity index (χ0v) is 10.0. The quantitative estimate of drug-likeness (QED) is 0.657. The molecular weight excluding hydrogens is 178 g/mol. The van der Waals surface area contributed by atoms with Gasteiger partial charge in [-0.05, 0) is 27.9 Å². The molecule has 14 heavy (non-hydrogen) atoms. The van der Waals surface area contributed by atoms with E-state index in [9.17, 15) is 4.79 Å². The molecule has 0 saturated carbocycles. The second-order valence-electron chi connectivity index (χ2n) is 3.95. The second-order valence-corrected chi connectivity index (χ2v) is 3.95. The van der Waals surface area contributed by atoms with Crippen LogP contribution in [0.4, 0.5) is 0 Å². The molecule has 0 spiro atoms. The van der Waals surface area contributed by atoms with Crippen LogP contribution in [0.15, 0.2) is 0 Å². The summed E-state index contributed by atoms with van der Waals surface area (Å²) in [5, 5.41) is 3.20. The smallest absolute Gasteiger partial charge is 0.236 e. The van der Waals surface area contributed by atoms with E-state index in [2.05, 4.69) is 17.1 Å². The van der Waals surface area contributed by atoms with E-state index >= 15 is 0 Å². The molecule has 0 aromatic carbocycles. The largest absolute Gasteiger partial charge is 0.345 e. The highest BCUT2D eigenvalue weighted by molar-refractivity contribution is 5.77. The molecule has 0 aliphatic carbocycles. The van der Waals surface area contributed by atoms with Gasteiger partial charge in [-0.1, -0.05) is 0 Å². The highest BCUT2D eigenvalue weighted by Crippen LogP contribution is 1.87. The second kappa shape index (κ2) is 6.79. The van der Waals surface area contributed by atoms with E-state index in [1.165, 1.54) is 0 Å². The summed E-state index contributed by atoms with van der Waals surface area (Å²) in [6.07, 6.45) is 0.